The standard InChI is InChI=1S/C37H38F3N5O4/c1-36(2,3)49-35(46)45-20-19-44(22-31(45)37(38,39)40)27-15-16-28-30(21-27)43(4)42-33(28)29-17-18-32(47-23-25-11-7-5-8-12-25)41-34(29)48-24-26-13-9-6-10-14-26/h5-18,21,31H,19-20,22-24H2,1-4H3/t31-/m0/s1. The van der Waals surface area contributed by atoms with E-state index in [0.29, 0.717) is 40.8 Å². The van der Waals surface area contributed by atoms with Crippen LogP contribution in [0.25, 0.3) is 22.2 Å². The van der Waals surface area contributed by atoms with Gasteiger partial charge in [0.2, 0.25) is 11.8 Å². The molecule has 3 aromatic carbocycles. The average Bonchev–Trinajstić information content (AvgIpc) is 3.41. The third-order valence-electron chi connectivity index (χ3n) is 8.12. The minimum Gasteiger partial charge on any atom is -0.473 e. The smallest absolute Gasteiger partial charge is 0.410 e. The highest BCUT2D eigenvalue weighted by Crippen LogP contribution is 2.37. The monoisotopic (exact) mass is 673 g/mol. The van der Waals surface area contributed by atoms with Crippen molar-refractivity contribution in [1.82, 2.24) is 19.7 Å². The lowest BCUT2D eigenvalue weighted by Crippen LogP contribution is -2.61. The van der Waals surface area contributed by atoms with Gasteiger partial charge in [0.15, 0.2) is 0 Å². The van der Waals surface area contributed by atoms with Crippen LogP contribution in [0.15, 0.2) is 91.0 Å². The molecule has 2 aromatic heterocycles. The van der Waals surface area contributed by atoms with Gasteiger partial charge in [-0.1, -0.05) is 60.7 Å². The molecule has 9 nitrogen and oxygen atoms in total. The van der Waals surface area contributed by atoms with Crippen molar-refractivity contribution in [3.8, 4) is 23.0 Å². The molecule has 3 heterocycles. The Bertz CT molecular complexity index is 1910. The summed E-state index contributed by atoms with van der Waals surface area (Å²) in [6.45, 7) is 5.13. The zero-order valence-corrected chi connectivity index (χ0v) is 27.8. The number of aromatic nitrogens is 3. The van der Waals surface area contributed by atoms with Gasteiger partial charge in [-0.05, 0) is 56.2 Å². The Balaban J connectivity index is 1.29. The van der Waals surface area contributed by atoms with E-state index >= 15 is 0 Å². The number of amides is 1. The highest BCUT2D eigenvalue weighted by Gasteiger charge is 2.49. The quantitative estimate of drug-likeness (QED) is 0.166. The first-order valence-electron chi connectivity index (χ1n) is 16.0. The van der Waals surface area contributed by atoms with Gasteiger partial charge in [0.25, 0.3) is 0 Å². The predicted molar refractivity (Wildman–Crippen MR) is 180 cm³/mol. The lowest BCUT2D eigenvalue weighted by atomic mass is 10.1. The number of hydrogen-bond acceptors (Lipinski definition) is 7. The molecule has 0 saturated carbocycles. The number of alkyl halides is 3. The number of rotatable bonds is 8. The van der Waals surface area contributed by atoms with E-state index in [-0.39, 0.29) is 19.7 Å². The number of hydrogen-bond donors (Lipinski definition) is 0. The number of carbonyl (C=O) groups excluding carboxylic acids is 1. The molecule has 1 atom stereocenters. The van der Waals surface area contributed by atoms with Crippen molar-refractivity contribution < 1.29 is 32.2 Å². The fraction of sp³-hybridized carbons (Fsp3) is 0.324. The van der Waals surface area contributed by atoms with E-state index in [1.54, 1.807) is 49.5 Å². The summed E-state index contributed by atoms with van der Waals surface area (Å²) in [4.78, 5) is 19.8. The second kappa shape index (κ2) is 13.7. The van der Waals surface area contributed by atoms with Crippen molar-refractivity contribution >= 4 is 22.7 Å². The van der Waals surface area contributed by atoms with Gasteiger partial charge in [0.05, 0.1) is 11.1 Å². The first-order valence-corrected chi connectivity index (χ1v) is 16.0. The van der Waals surface area contributed by atoms with Crippen molar-refractivity contribution in [3.05, 3.63) is 102 Å². The van der Waals surface area contributed by atoms with Crippen LogP contribution < -0.4 is 14.4 Å². The number of ether oxygens (including phenoxy) is 3. The average molecular weight is 674 g/mol. The van der Waals surface area contributed by atoms with E-state index in [2.05, 4.69) is 0 Å². The molecule has 0 N–H and O–H groups in total. The number of nitrogens with zero attached hydrogens (tertiary/aromatic N) is 5. The topological polar surface area (TPSA) is 82.0 Å². The maximum atomic E-state index is 14.2. The Morgan fingerprint density at radius 3 is 2.14 bits per heavy atom. The SMILES string of the molecule is Cn1nc(-c2ccc(OCc3ccccc3)nc2OCc2ccccc2)c2ccc(N3CCN(C(=O)OC(C)(C)C)[C@H](C(F)(F)F)C3)cc21. The normalized spacial score (nSPS) is 15.4. The van der Waals surface area contributed by atoms with E-state index in [4.69, 9.17) is 24.3 Å². The number of anilines is 1. The molecule has 49 heavy (non-hydrogen) atoms. The molecule has 0 aliphatic carbocycles. The van der Waals surface area contributed by atoms with Gasteiger partial charge >= 0.3 is 12.3 Å². The van der Waals surface area contributed by atoms with Gasteiger partial charge < -0.3 is 19.1 Å². The lowest BCUT2D eigenvalue weighted by Gasteiger charge is -2.43. The molecular weight excluding hydrogens is 635 g/mol. The summed E-state index contributed by atoms with van der Waals surface area (Å²) in [6.07, 6.45) is -5.61. The zero-order chi connectivity index (χ0) is 34.8. The van der Waals surface area contributed by atoms with Gasteiger partial charge in [-0.25, -0.2) is 4.79 Å². The molecular formula is C37H38F3N5O4. The van der Waals surface area contributed by atoms with Crippen molar-refractivity contribution in [2.75, 3.05) is 24.5 Å². The Hall–Kier alpha value is -5.26. The van der Waals surface area contributed by atoms with Gasteiger partial charge in [-0.3, -0.25) is 9.58 Å². The number of carbonyl (C=O) groups is 1. The predicted octanol–water partition coefficient (Wildman–Crippen LogP) is 7.78. The van der Waals surface area contributed by atoms with Crippen LogP contribution in [0.1, 0.15) is 31.9 Å². The zero-order valence-electron chi connectivity index (χ0n) is 27.8. The van der Waals surface area contributed by atoms with E-state index in [1.165, 1.54) is 0 Å². The maximum absolute atomic E-state index is 14.2. The highest BCUT2D eigenvalue weighted by molar-refractivity contribution is 5.96. The van der Waals surface area contributed by atoms with Crippen molar-refractivity contribution in [3.63, 3.8) is 0 Å². The number of benzene rings is 3. The maximum Gasteiger partial charge on any atom is 0.410 e. The fourth-order valence-electron chi connectivity index (χ4n) is 5.73. The lowest BCUT2D eigenvalue weighted by molar-refractivity contribution is -0.181. The van der Waals surface area contributed by atoms with Crippen LogP contribution in [0.5, 0.6) is 11.8 Å². The number of fused-ring (bicyclic) bond motifs is 1. The van der Waals surface area contributed by atoms with Crippen molar-refractivity contribution in [2.24, 2.45) is 7.05 Å². The summed E-state index contributed by atoms with van der Waals surface area (Å²) >= 11 is 0. The molecule has 1 saturated heterocycles. The Morgan fingerprint density at radius 2 is 1.51 bits per heavy atom. The molecule has 0 spiro atoms. The highest BCUT2D eigenvalue weighted by atomic mass is 19.4. The van der Waals surface area contributed by atoms with Crippen LogP contribution in [-0.4, -0.2) is 63.2 Å². The number of pyridine rings is 1. The van der Waals surface area contributed by atoms with Crippen molar-refractivity contribution in [1.29, 1.82) is 0 Å². The van der Waals surface area contributed by atoms with Gasteiger partial charge in [0, 0.05) is 43.8 Å². The number of aryl methyl sites for hydroxylation is 1. The Labute approximate surface area is 282 Å². The fourth-order valence-corrected chi connectivity index (χ4v) is 5.73. The first kappa shape index (κ1) is 33.6. The summed E-state index contributed by atoms with van der Waals surface area (Å²) in [6, 6.07) is 26.5. The Morgan fingerprint density at radius 1 is 0.857 bits per heavy atom. The summed E-state index contributed by atoms with van der Waals surface area (Å²) in [5.41, 5.74) is 3.60. The van der Waals surface area contributed by atoms with E-state index in [0.717, 1.165) is 21.4 Å². The van der Waals surface area contributed by atoms with Crippen LogP contribution in [0.4, 0.5) is 23.7 Å². The minimum absolute atomic E-state index is 0.139. The molecule has 0 bridgehead atoms. The molecule has 6 rings (SSSR count). The Kier molecular flexibility index (Phi) is 9.40. The van der Waals surface area contributed by atoms with Crippen LogP contribution in [0, 0.1) is 0 Å². The number of halogens is 3. The summed E-state index contributed by atoms with van der Waals surface area (Å²) in [7, 11) is 1.78. The van der Waals surface area contributed by atoms with Gasteiger partial charge in [0.1, 0.15) is 30.6 Å². The van der Waals surface area contributed by atoms with Gasteiger partial charge in [-0.2, -0.15) is 23.3 Å². The first-order chi connectivity index (χ1) is 23.4. The van der Waals surface area contributed by atoms with Crippen LogP contribution in [0.2, 0.25) is 0 Å². The van der Waals surface area contributed by atoms with Crippen LogP contribution in [-0.2, 0) is 25.0 Å². The largest absolute Gasteiger partial charge is 0.473 e. The molecule has 0 unspecified atom stereocenters. The molecule has 1 fully saturated rings. The molecule has 0 radical (unpaired) electrons. The third kappa shape index (κ3) is 7.90. The summed E-state index contributed by atoms with van der Waals surface area (Å²) in [5, 5.41) is 5.57. The summed E-state index contributed by atoms with van der Waals surface area (Å²) < 4.78 is 61.9. The molecule has 1 aliphatic rings. The molecule has 1 amide bonds. The van der Waals surface area contributed by atoms with E-state index in [1.807, 2.05) is 78.9 Å². The molecule has 1 aliphatic heterocycles. The number of piperazine rings is 1. The second-order valence-corrected chi connectivity index (χ2v) is 12.9. The molecule has 5 aromatic rings. The van der Waals surface area contributed by atoms with E-state index in [9.17, 15) is 18.0 Å². The second-order valence-electron chi connectivity index (χ2n) is 12.9. The molecule has 256 valence electrons. The van der Waals surface area contributed by atoms with Gasteiger partial charge in [-0.15, -0.1) is 0 Å². The van der Waals surface area contributed by atoms with Crippen LogP contribution in [0.3, 0.4) is 0 Å². The minimum atomic E-state index is -4.64. The van der Waals surface area contributed by atoms with E-state index < -0.39 is 30.5 Å². The van der Waals surface area contributed by atoms with Crippen LogP contribution >= 0.6 is 0 Å². The molecule has 12 heteroatoms. The third-order valence-corrected chi connectivity index (χ3v) is 8.12. The summed E-state index contributed by atoms with van der Waals surface area (Å²) in [5.74, 6) is 0.729. The van der Waals surface area contributed by atoms with Crippen molar-refractivity contribution in [2.45, 2.75) is 51.8 Å².